The third-order valence-electron chi connectivity index (χ3n) is 4.00. The molecule has 2 aromatic carbocycles. The Balaban J connectivity index is 2.22. The zero-order valence-corrected chi connectivity index (χ0v) is 13.4. The minimum Gasteiger partial charge on any atom is -0.323 e. The van der Waals surface area contributed by atoms with Gasteiger partial charge in [0.05, 0.1) is 27.9 Å². The van der Waals surface area contributed by atoms with Crippen molar-refractivity contribution >= 4 is 16.7 Å². The Bertz CT molecular complexity index is 969. The molecule has 0 aliphatic carbocycles. The van der Waals surface area contributed by atoms with Crippen LogP contribution in [0, 0.1) is 34.3 Å². The molecule has 0 N–H and O–H groups in total. The van der Waals surface area contributed by atoms with Gasteiger partial charge in [-0.05, 0) is 26.0 Å². The lowest BCUT2D eigenvalue weighted by molar-refractivity contribution is -0.385. The molecule has 0 saturated heterocycles. The monoisotopic (exact) mass is 320 g/mol. The summed E-state index contributed by atoms with van der Waals surface area (Å²) in [5.74, 6) is 0.447. The average molecular weight is 320 g/mol. The molecule has 1 aromatic heterocycles. The number of rotatable bonds is 4. The molecule has 3 aromatic rings. The first-order valence-corrected chi connectivity index (χ1v) is 7.61. The minimum absolute atomic E-state index is 0.0689. The molecule has 0 saturated carbocycles. The molecule has 1 atom stereocenters. The number of nitro benzene ring substituents is 1. The van der Waals surface area contributed by atoms with E-state index < -0.39 is 0 Å². The fraction of sp³-hybridized carbons (Fsp3) is 0.222. The van der Waals surface area contributed by atoms with E-state index in [1.54, 1.807) is 19.1 Å². The molecule has 0 bridgehead atoms. The summed E-state index contributed by atoms with van der Waals surface area (Å²) in [6.07, 6.45) is 0. The number of nitrogens with zero attached hydrogens (tertiary/aromatic N) is 4. The molecule has 1 unspecified atom stereocenters. The summed E-state index contributed by atoms with van der Waals surface area (Å²) in [6.45, 7) is 4.03. The van der Waals surface area contributed by atoms with E-state index in [0.29, 0.717) is 23.5 Å². The Morgan fingerprint density at radius 1 is 1.33 bits per heavy atom. The molecule has 6 nitrogen and oxygen atoms in total. The highest BCUT2D eigenvalue weighted by atomic mass is 16.6. The van der Waals surface area contributed by atoms with Crippen molar-refractivity contribution in [2.75, 3.05) is 0 Å². The number of hydrogen-bond donors (Lipinski definition) is 0. The molecular weight excluding hydrogens is 304 g/mol. The lowest BCUT2D eigenvalue weighted by Gasteiger charge is -2.11. The van der Waals surface area contributed by atoms with Crippen molar-refractivity contribution in [3.63, 3.8) is 0 Å². The Labute approximate surface area is 139 Å². The van der Waals surface area contributed by atoms with E-state index in [1.807, 2.05) is 41.8 Å². The van der Waals surface area contributed by atoms with Crippen LogP contribution in [0.5, 0.6) is 0 Å². The third-order valence-corrected chi connectivity index (χ3v) is 4.00. The van der Waals surface area contributed by atoms with Gasteiger partial charge in [0.1, 0.15) is 5.82 Å². The van der Waals surface area contributed by atoms with Crippen LogP contribution in [0.2, 0.25) is 0 Å². The molecule has 3 rings (SSSR count). The first-order valence-electron chi connectivity index (χ1n) is 7.61. The number of aromatic nitrogens is 2. The Morgan fingerprint density at radius 3 is 2.79 bits per heavy atom. The second-order valence-corrected chi connectivity index (χ2v) is 5.82. The first kappa shape index (κ1) is 15.7. The van der Waals surface area contributed by atoms with E-state index >= 15 is 0 Å². The van der Waals surface area contributed by atoms with Gasteiger partial charge in [0.15, 0.2) is 0 Å². The van der Waals surface area contributed by atoms with Crippen LogP contribution < -0.4 is 0 Å². The van der Waals surface area contributed by atoms with Crippen molar-refractivity contribution < 1.29 is 4.92 Å². The zero-order valence-electron chi connectivity index (χ0n) is 13.4. The molecule has 24 heavy (non-hydrogen) atoms. The largest absolute Gasteiger partial charge is 0.323 e. The standard InChI is InChI=1S/C18H16N4O2/c1-12(10-19)11-21-16-6-4-3-5-15(16)20-18(21)14-8-7-13(2)17(9-14)22(23)24/h3-9,12H,11H2,1-2H3. The van der Waals surface area contributed by atoms with Crippen LogP contribution in [0.3, 0.4) is 0 Å². The van der Waals surface area contributed by atoms with Crippen molar-refractivity contribution in [1.29, 1.82) is 5.26 Å². The van der Waals surface area contributed by atoms with Gasteiger partial charge in [-0.2, -0.15) is 5.26 Å². The normalized spacial score (nSPS) is 12.0. The summed E-state index contributed by atoms with van der Waals surface area (Å²) < 4.78 is 1.96. The highest BCUT2D eigenvalue weighted by Crippen LogP contribution is 2.29. The van der Waals surface area contributed by atoms with Crippen LogP contribution in [-0.2, 0) is 6.54 Å². The lowest BCUT2D eigenvalue weighted by atomic mass is 10.1. The molecule has 0 spiro atoms. The molecule has 0 fully saturated rings. The van der Waals surface area contributed by atoms with E-state index in [1.165, 1.54) is 0 Å². The van der Waals surface area contributed by atoms with Gasteiger partial charge >= 0.3 is 0 Å². The minimum atomic E-state index is -0.385. The Morgan fingerprint density at radius 2 is 2.08 bits per heavy atom. The summed E-state index contributed by atoms with van der Waals surface area (Å²) in [5.41, 5.74) is 3.07. The molecular formula is C18H16N4O2. The van der Waals surface area contributed by atoms with Crippen molar-refractivity contribution in [3.05, 3.63) is 58.1 Å². The van der Waals surface area contributed by atoms with Crippen molar-refractivity contribution in [2.24, 2.45) is 5.92 Å². The van der Waals surface area contributed by atoms with Crippen molar-refractivity contribution in [2.45, 2.75) is 20.4 Å². The molecule has 0 aliphatic rings. The number of benzene rings is 2. The summed E-state index contributed by atoms with van der Waals surface area (Å²) in [5, 5.41) is 20.4. The summed E-state index contributed by atoms with van der Waals surface area (Å²) in [6, 6.07) is 15.0. The van der Waals surface area contributed by atoms with Crippen LogP contribution in [-0.4, -0.2) is 14.5 Å². The van der Waals surface area contributed by atoms with Gasteiger partial charge in [0, 0.05) is 23.7 Å². The molecule has 0 aliphatic heterocycles. The predicted octanol–water partition coefficient (Wildman–Crippen LogP) is 4.08. The number of nitriles is 1. The second-order valence-electron chi connectivity index (χ2n) is 5.82. The highest BCUT2D eigenvalue weighted by molar-refractivity contribution is 5.81. The zero-order chi connectivity index (χ0) is 17.3. The van der Waals surface area contributed by atoms with E-state index in [0.717, 1.165) is 11.0 Å². The van der Waals surface area contributed by atoms with Gasteiger partial charge in [-0.15, -0.1) is 0 Å². The maximum absolute atomic E-state index is 11.2. The smallest absolute Gasteiger partial charge is 0.273 e. The van der Waals surface area contributed by atoms with Crippen molar-refractivity contribution in [1.82, 2.24) is 9.55 Å². The molecule has 120 valence electrons. The Hall–Kier alpha value is -3.20. The molecule has 1 heterocycles. The highest BCUT2D eigenvalue weighted by Gasteiger charge is 2.18. The van der Waals surface area contributed by atoms with Crippen molar-refractivity contribution in [3.8, 4) is 17.5 Å². The van der Waals surface area contributed by atoms with Gasteiger partial charge in [-0.3, -0.25) is 10.1 Å². The number of aryl methyl sites for hydroxylation is 1. The van der Waals surface area contributed by atoms with Crippen LogP contribution >= 0.6 is 0 Å². The maximum atomic E-state index is 11.2. The van der Waals surface area contributed by atoms with Gasteiger partial charge in [-0.25, -0.2) is 4.98 Å². The predicted molar refractivity (Wildman–Crippen MR) is 91.3 cm³/mol. The number of hydrogen-bond acceptors (Lipinski definition) is 4. The van der Waals surface area contributed by atoms with Gasteiger partial charge < -0.3 is 4.57 Å². The van der Waals surface area contributed by atoms with Crippen LogP contribution in [0.25, 0.3) is 22.4 Å². The van der Waals surface area contributed by atoms with E-state index in [2.05, 4.69) is 11.1 Å². The maximum Gasteiger partial charge on any atom is 0.273 e. The summed E-state index contributed by atoms with van der Waals surface area (Å²) >= 11 is 0. The van der Waals surface area contributed by atoms with Gasteiger partial charge in [-0.1, -0.05) is 24.3 Å². The third kappa shape index (κ3) is 2.72. The van der Waals surface area contributed by atoms with Gasteiger partial charge in [0.2, 0.25) is 0 Å². The van der Waals surface area contributed by atoms with Gasteiger partial charge in [0.25, 0.3) is 5.69 Å². The topological polar surface area (TPSA) is 84.8 Å². The summed E-state index contributed by atoms with van der Waals surface area (Å²) in [7, 11) is 0. The fourth-order valence-corrected chi connectivity index (χ4v) is 2.74. The van der Waals surface area contributed by atoms with E-state index in [-0.39, 0.29) is 16.5 Å². The quantitative estimate of drug-likeness (QED) is 0.535. The van der Waals surface area contributed by atoms with Crippen LogP contribution in [0.15, 0.2) is 42.5 Å². The van der Waals surface area contributed by atoms with E-state index in [9.17, 15) is 10.1 Å². The SMILES string of the molecule is Cc1ccc(-c2nc3ccccc3n2CC(C)C#N)cc1[N+](=O)[O-]. The Kier molecular flexibility index (Phi) is 4.00. The number of nitro groups is 1. The first-order chi connectivity index (χ1) is 11.5. The van der Waals surface area contributed by atoms with Crippen LogP contribution in [0.4, 0.5) is 5.69 Å². The second kappa shape index (κ2) is 6.13. The molecule has 0 radical (unpaired) electrons. The average Bonchev–Trinajstić information content (AvgIpc) is 2.93. The van der Waals surface area contributed by atoms with Crippen LogP contribution in [0.1, 0.15) is 12.5 Å². The van der Waals surface area contributed by atoms with E-state index in [4.69, 9.17) is 5.26 Å². The fourth-order valence-electron chi connectivity index (χ4n) is 2.74. The summed E-state index contributed by atoms with van der Waals surface area (Å²) in [4.78, 5) is 15.5. The number of para-hydroxylation sites is 2. The molecule has 0 amide bonds. The molecule has 6 heteroatoms. The number of imidazole rings is 1. The lowest BCUT2D eigenvalue weighted by Crippen LogP contribution is -2.07. The number of fused-ring (bicyclic) bond motifs is 1.